The molecule has 1 aromatic carbocycles. The van der Waals surface area contributed by atoms with Gasteiger partial charge >= 0.3 is 29.8 Å². The number of H-pyrrole nitrogens is 1. The summed E-state index contributed by atoms with van der Waals surface area (Å²) in [5.74, 6) is -4.29. The van der Waals surface area contributed by atoms with Crippen LogP contribution in [-0.2, 0) is 30.4 Å². The molecule has 3 heterocycles. The Kier molecular flexibility index (Phi) is 19.6. The molecule has 1 aromatic heterocycles. The van der Waals surface area contributed by atoms with Gasteiger partial charge in [0.05, 0.1) is 6.54 Å². The Bertz CT molecular complexity index is 1130. The molecule has 0 saturated carbocycles. The number of fused-ring (bicyclic) bond motifs is 1. The Hall–Kier alpha value is -4.09. The van der Waals surface area contributed by atoms with Crippen LogP contribution in [0.25, 0.3) is 10.9 Å². The molecular weight excluding hydrogens is 580 g/mol. The van der Waals surface area contributed by atoms with E-state index in [9.17, 15) is 24.0 Å². The maximum absolute atomic E-state index is 10.6. The second-order valence-electron chi connectivity index (χ2n) is 10.2. The van der Waals surface area contributed by atoms with Crippen molar-refractivity contribution in [1.29, 1.82) is 0 Å². The first kappa shape index (κ1) is 39.9. The number of nitrogens with two attached hydrogens (primary N) is 3. The van der Waals surface area contributed by atoms with Crippen LogP contribution in [0.15, 0.2) is 30.5 Å². The first-order valence-corrected chi connectivity index (χ1v) is 14.0. The maximum atomic E-state index is 10.6. The van der Waals surface area contributed by atoms with Crippen LogP contribution in [0.1, 0.15) is 45.1 Å². The van der Waals surface area contributed by atoms with Crippen molar-refractivity contribution in [3.63, 3.8) is 0 Å². The number of aromatic amines is 1. The number of benzene rings is 1. The van der Waals surface area contributed by atoms with Gasteiger partial charge in [-0.25, -0.2) is 0 Å². The second-order valence-corrected chi connectivity index (χ2v) is 10.2. The molecule has 2 aromatic rings. The minimum Gasteiger partial charge on any atom is -0.480 e. The zero-order valence-electron chi connectivity index (χ0n) is 24.9. The van der Waals surface area contributed by atoms with Crippen molar-refractivity contribution in [3.05, 3.63) is 36.0 Å². The number of rotatable bonds is 8. The Morgan fingerprint density at radius 1 is 0.841 bits per heavy atom. The highest BCUT2D eigenvalue weighted by molar-refractivity contribution is 5.84. The van der Waals surface area contributed by atoms with Crippen LogP contribution < -0.4 is 27.8 Å². The third kappa shape index (κ3) is 16.5. The van der Waals surface area contributed by atoms with Crippen LogP contribution in [0.2, 0.25) is 0 Å². The average Bonchev–Trinajstić information content (AvgIpc) is 3.77. The van der Waals surface area contributed by atoms with Crippen molar-refractivity contribution in [2.45, 2.75) is 70.1 Å². The number of carboxylic acids is 5. The van der Waals surface area contributed by atoms with Crippen LogP contribution in [0.5, 0.6) is 0 Å². The molecule has 0 spiro atoms. The van der Waals surface area contributed by atoms with Gasteiger partial charge in [-0.1, -0.05) is 32.0 Å². The molecule has 16 nitrogen and oxygen atoms in total. The predicted octanol–water partition coefficient (Wildman–Crippen LogP) is -0.148. The van der Waals surface area contributed by atoms with E-state index in [1.54, 1.807) is 13.8 Å². The van der Waals surface area contributed by atoms with Gasteiger partial charge in [0.15, 0.2) is 0 Å². The number of carboxylic acid groups (broad SMARTS) is 5. The molecule has 248 valence electrons. The molecule has 0 bridgehead atoms. The molecule has 2 unspecified atom stereocenters. The molecule has 4 rings (SSSR count). The summed E-state index contributed by atoms with van der Waals surface area (Å²) in [6, 6.07) is 5.66. The average molecular weight is 627 g/mol. The number of aliphatic carboxylic acids is 5. The summed E-state index contributed by atoms with van der Waals surface area (Å²) in [5, 5.41) is 48.0. The lowest BCUT2D eigenvalue weighted by Gasteiger charge is -2.07. The molecule has 2 aliphatic rings. The lowest BCUT2D eigenvalue weighted by Crippen LogP contribution is -2.34. The normalized spacial score (nSPS) is 18.0. The van der Waals surface area contributed by atoms with E-state index in [2.05, 4.69) is 21.4 Å². The number of aromatic nitrogens is 1. The van der Waals surface area contributed by atoms with E-state index < -0.39 is 41.9 Å². The molecule has 0 radical (unpaired) electrons. The van der Waals surface area contributed by atoms with Gasteiger partial charge in [-0.2, -0.15) is 0 Å². The minimum absolute atomic E-state index is 0.0208. The van der Waals surface area contributed by atoms with E-state index >= 15 is 0 Å². The Morgan fingerprint density at radius 2 is 1.32 bits per heavy atom. The van der Waals surface area contributed by atoms with Gasteiger partial charge in [-0.3, -0.25) is 24.0 Å². The summed E-state index contributed by atoms with van der Waals surface area (Å²) >= 11 is 0. The summed E-state index contributed by atoms with van der Waals surface area (Å²) < 4.78 is 0. The summed E-state index contributed by atoms with van der Waals surface area (Å²) in [4.78, 5) is 53.2. The topological polar surface area (TPSA) is 304 Å². The predicted molar refractivity (Wildman–Crippen MR) is 162 cm³/mol. The van der Waals surface area contributed by atoms with Crippen LogP contribution >= 0.6 is 0 Å². The molecule has 0 aliphatic carbocycles. The van der Waals surface area contributed by atoms with E-state index in [1.165, 1.54) is 0 Å². The van der Waals surface area contributed by atoms with E-state index in [4.69, 9.17) is 37.0 Å². The summed E-state index contributed by atoms with van der Waals surface area (Å²) in [6.07, 6.45) is 5.73. The van der Waals surface area contributed by atoms with Crippen molar-refractivity contribution in [2.75, 3.05) is 19.6 Å². The van der Waals surface area contributed by atoms with Crippen molar-refractivity contribution >= 4 is 40.7 Å². The van der Waals surface area contributed by atoms with Crippen LogP contribution in [0.4, 0.5) is 0 Å². The van der Waals surface area contributed by atoms with Crippen LogP contribution in [0.3, 0.4) is 0 Å². The third-order valence-electron chi connectivity index (χ3n) is 6.33. The molecule has 0 amide bonds. The molecule has 44 heavy (non-hydrogen) atoms. The Balaban J connectivity index is 0.000000556. The highest BCUT2D eigenvalue weighted by Crippen LogP contribution is 2.18. The Morgan fingerprint density at radius 3 is 1.61 bits per heavy atom. The molecule has 2 aliphatic heterocycles. The standard InChI is InChI=1S/C11H12N2O2.2C5H9NO2.C5H11NO2.C2H5NO2/c12-9(11(14)15)5-7-6-13-10-4-2-1-3-8(7)10;2*7-5(8)4-2-1-3-6-4;1-3(2)4(6)5(7)8;3-1-2(4)5/h1-4,6,9,13H,5,12H2,(H,14,15);2*4,6H,1-3H2,(H,7,8);3-4H,6H2,1-2H3,(H,7,8);1,3H2,(H,4,5)/t;2*4-;;/m.00../s1. The summed E-state index contributed by atoms with van der Waals surface area (Å²) in [7, 11) is 0. The zero-order valence-corrected chi connectivity index (χ0v) is 24.9. The van der Waals surface area contributed by atoms with E-state index in [0.29, 0.717) is 6.42 Å². The molecule has 4 atom stereocenters. The molecule has 2 fully saturated rings. The van der Waals surface area contributed by atoms with Gasteiger partial charge in [-0.05, 0) is 56.3 Å². The summed E-state index contributed by atoms with van der Waals surface area (Å²) in [6.45, 7) is 4.99. The van der Waals surface area contributed by atoms with Crippen molar-refractivity contribution in [3.8, 4) is 0 Å². The maximum Gasteiger partial charge on any atom is 0.320 e. The summed E-state index contributed by atoms with van der Waals surface area (Å²) in [5.41, 5.74) is 17.2. The highest BCUT2D eigenvalue weighted by atomic mass is 16.4. The van der Waals surface area contributed by atoms with Crippen molar-refractivity contribution < 1.29 is 49.5 Å². The van der Waals surface area contributed by atoms with Gasteiger partial charge < -0.3 is 58.4 Å². The number of nitrogens with one attached hydrogen (secondary N) is 3. The van der Waals surface area contributed by atoms with Gasteiger partial charge in [0.2, 0.25) is 0 Å². The van der Waals surface area contributed by atoms with Gasteiger partial charge in [0.1, 0.15) is 24.2 Å². The first-order chi connectivity index (χ1) is 20.6. The Labute approximate surface area is 255 Å². The van der Waals surface area contributed by atoms with Crippen LogP contribution in [-0.4, -0.2) is 104 Å². The van der Waals surface area contributed by atoms with Gasteiger partial charge in [-0.15, -0.1) is 0 Å². The van der Waals surface area contributed by atoms with Crippen molar-refractivity contribution in [1.82, 2.24) is 15.6 Å². The van der Waals surface area contributed by atoms with E-state index in [-0.39, 0.29) is 24.5 Å². The highest BCUT2D eigenvalue weighted by Gasteiger charge is 2.21. The zero-order chi connectivity index (χ0) is 33.8. The number of hydrogen-bond donors (Lipinski definition) is 11. The first-order valence-electron chi connectivity index (χ1n) is 14.0. The van der Waals surface area contributed by atoms with E-state index in [0.717, 1.165) is 55.2 Å². The quantitative estimate of drug-likeness (QED) is 0.181. The number of carbonyl (C=O) groups is 5. The van der Waals surface area contributed by atoms with Gasteiger partial charge in [0.25, 0.3) is 0 Å². The van der Waals surface area contributed by atoms with Gasteiger partial charge in [0, 0.05) is 23.5 Å². The van der Waals surface area contributed by atoms with E-state index in [1.807, 2.05) is 30.5 Å². The minimum atomic E-state index is -0.972. The fourth-order valence-corrected chi connectivity index (χ4v) is 3.70. The molecule has 2 saturated heterocycles. The molecule has 16 heteroatoms. The third-order valence-corrected chi connectivity index (χ3v) is 6.33. The fourth-order valence-electron chi connectivity index (χ4n) is 3.70. The fraction of sp³-hybridized carbons (Fsp3) is 0.536. The molecule has 14 N–H and O–H groups in total. The van der Waals surface area contributed by atoms with Crippen molar-refractivity contribution in [2.24, 2.45) is 23.1 Å². The number of hydrogen-bond acceptors (Lipinski definition) is 10. The lowest BCUT2D eigenvalue weighted by molar-refractivity contribution is -0.140. The monoisotopic (exact) mass is 626 g/mol. The number of para-hydroxylation sites is 1. The largest absolute Gasteiger partial charge is 0.480 e. The van der Waals surface area contributed by atoms with Crippen LogP contribution in [0, 0.1) is 5.92 Å². The SMILES string of the molecule is CC(C)C(N)C(=O)O.NC(Cc1c[nH]c2ccccc12)C(=O)O.NCC(=O)O.O=C(O)[C@@H]1CCCN1.O=C(O)[C@@H]1CCCN1. The molecular formula is C28H46N6O10. The second kappa shape index (κ2) is 21.6. The smallest absolute Gasteiger partial charge is 0.320 e. The lowest BCUT2D eigenvalue weighted by atomic mass is 10.1.